The Balaban J connectivity index is 2.67. The Morgan fingerprint density at radius 1 is 1.09 bits per heavy atom. The second-order valence-corrected chi connectivity index (χ2v) is 12.4. The van der Waals surface area contributed by atoms with Crippen LogP contribution in [0.25, 0.3) is 0 Å². The average molecular weight is 347 g/mol. The minimum atomic E-state index is -4.29. The van der Waals surface area contributed by atoms with Gasteiger partial charge in [-0.15, -0.1) is 0 Å². The average Bonchev–Trinajstić information content (AvgIpc) is 2.41. The molecule has 0 aromatic heterocycles. The Morgan fingerprint density at radius 2 is 1.61 bits per heavy atom. The molecule has 0 spiro atoms. The summed E-state index contributed by atoms with van der Waals surface area (Å²) in [6.07, 6.45) is -3.67. The van der Waals surface area contributed by atoms with Crippen LogP contribution in [0.5, 0.6) is 0 Å². The summed E-state index contributed by atoms with van der Waals surface area (Å²) in [6.45, 7) is 11.9. The third kappa shape index (κ3) is 5.93. The van der Waals surface area contributed by atoms with Crippen LogP contribution in [0, 0.1) is 5.92 Å². The van der Waals surface area contributed by atoms with E-state index in [0.29, 0.717) is 19.6 Å². The van der Waals surface area contributed by atoms with Crippen molar-refractivity contribution >= 4 is 8.32 Å². The molecule has 0 radical (unpaired) electrons. The molecule has 0 fully saturated rings. The van der Waals surface area contributed by atoms with Crippen LogP contribution in [0.1, 0.15) is 31.9 Å². The Labute approximate surface area is 138 Å². The van der Waals surface area contributed by atoms with Gasteiger partial charge < -0.3 is 10.2 Å². The third-order valence-electron chi connectivity index (χ3n) is 4.63. The zero-order valence-corrected chi connectivity index (χ0v) is 15.6. The van der Waals surface area contributed by atoms with Gasteiger partial charge in [0.25, 0.3) is 0 Å². The molecule has 0 aliphatic rings. The Morgan fingerprint density at radius 3 is 2.00 bits per heavy atom. The SMILES string of the molecule is CC(C)(C)[Si](C)(C)OCC(CN)Cc1ccc(C(F)(F)F)cc1. The molecule has 0 amide bonds. The van der Waals surface area contributed by atoms with Crippen LogP contribution >= 0.6 is 0 Å². The fourth-order valence-corrected chi connectivity index (χ4v) is 3.00. The van der Waals surface area contributed by atoms with E-state index in [1.54, 1.807) is 0 Å². The lowest BCUT2D eigenvalue weighted by Gasteiger charge is -2.37. The lowest BCUT2D eigenvalue weighted by molar-refractivity contribution is -0.137. The Hall–Kier alpha value is -0.853. The number of halogens is 3. The number of rotatable bonds is 6. The highest BCUT2D eigenvalue weighted by Crippen LogP contribution is 2.37. The molecule has 0 bridgehead atoms. The molecule has 2 nitrogen and oxygen atoms in total. The number of hydrogen-bond donors (Lipinski definition) is 1. The van der Waals surface area contributed by atoms with E-state index in [0.717, 1.165) is 17.7 Å². The quantitative estimate of drug-likeness (QED) is 0.747. The summed E-state index contributed by atoms with van der Waals surface area (Å²) in [4.78, 5) is 0. The molecule has 1 atom stereocenters. The summed E-state index contributed by atoms with van der Waals surface area (Å²) in [5.74, 6) is 0.112. The van der Waals surface area contributed by atoms with Crippen LogP contribution in [-0.2, 0) is 17.0 Å². The second kappa shape index (κ2) is 7.36. The topological polar surface area (TPSA) is 35.2 Å². The smallest absolute Gasteiger partial charge is 0.416 e. The first-order chi connectivity index (χ1) is 10.4. The monoisotopic (exact) mass is 347 g/mol. The number of alkyl halides is 3. The van der Waals surface area contributed by atoms with Gasteiger partial charge in [0.1, 0.15) is 0 Å². The molecule has 23 heavy (non-hydrogen) atoms. The largest absolute Gasteiger partial charge is 0.416 e. The summed E-state index contributed by atoms with van der Waals surface area (Å²) >= 11 is 0. The van der Waals surface area contributed by atoms with E-state index in [1.165, 1.54) is 12.1 Å². The van der Waals surface area contributed by atoms with Crippen LogP contribution in [0.2, 0.25) is 18.1 Å². The first-order valence-electron chi connectivity index (χ1n) is 7.87. The van der Waals surface area contributed by atoms with Gasteiger partial charge in [-0.3, -0.25) is 0 Å². The zero-order chi connectivity index (χ0) is 17.9. The molecule has 2 N–H and O–H groups in total. The minimum Gasteiger partial charge on any atom is -0.416 e. The van der Waals surface area contributed by atoms with Gasteiger partial charge in [0.15, 0.2) is 8.32 Å². The standard InChI is InChI=1S/C17H28F3NOSi/c1-16(2,3)23(4,5)22-12-14(11-21)10-13-6-8-15(9-7-13)17(18,19)20/h6-9,14H,10-12,21H2,1-5H3. The van der Waals surface area contributed by atoms with Gasteiger partial charge in [0, 0.05) is 6.61 Å². The fourth-order valence-electron chi connectivity index (χ4n) is 1.92. The van der Waals surface area contributed by atoms with Crippen molar-refractivity contribution in [2.24, 2.45) is 11.7 Å². The van der Waals surface area contributed by atoms with Crippen molar-refractivity contribution in [1.82, 2.24) is 0 Å². The van der Waals surface area contributed by atoms with Crippen molar-refractivity contribution < 1.29 is 17.6 Å². The van der Waals surface area contributed by atoms with Gasteiger partial charge in [-0.1, -0.05) is 32.9 Å². The van der Waals surface area contributed by atoms with E-state index in [4.69, 9.17) is 10.2 Å². The van der Waals surface area contributed by atoms with Gasteiger partial charge in [0.2, 0.25) is 0 Å². The second-order valence-electron chi connectivity index (χ2n) is 7.57. The molecule has 0 saturated heterocycles. The summed E-state index contributed by atoms with van der Waals surface area (Å²) in [5, 5.41) is 0.126. The van der Waals surface area contributed by atoms with Gasteiger partial charge in [0.05, 0.1) is 5.56 Å². The first kappa shape index (κ1) is 20.2. The van der Waals surface area contributed by atoms with E-state index in [1.807, 2.05) is 0 Å². The predicted molar refractivity (Wildman–Crippen MR) is 90.8 cm³/mol. The molecule has 1 aromatic rings. The highest BCUT2D eigenvalue weighted by molar-refractivity contribution is 6.74. The lowest BCUT2D eigenvalue weighted by atomic mass is 9.99. The summed E-state index contributed by atoms with van der Waals surface area (Å²) in [5.41, 5.74) is 6.05. The zero-order valence-electron chi connectivity index (χ0n) is 14.6. The van der Waals surface area contributed by atoms with E-state index in [-0.39, 0.29) is 11.0 Å². The normalized spacial score (nSPS) is 14.8. The lowest BCUT2D eigenvalue weighted by Crippen LogP contribution is -2.42. The minimum absolute atomic E-state index is 0.112. The van der Waals surface area contributed by atoms with Crippen LogP contribution in [0.3, 0.4) is 0 Å². The van der Waals surface area contributed by atoms with Crippen molar-refractivity contribution in [3.05, 3.63) is 35.4 Å². The number of benzene rings is 1. The molecule has 1 rings (SSSR count). The number of nitrogens with two attached hydrogens (primary N) is 1. The van der Waals surface area contributed by atoms with Crippen molar-refractivity contribution in [2.75, 3.05) is 13.2 Å². The van der Waals surface area contributed by atoms with Crippen LogP contribution in [-0.4, -0.2) is 21.5 Å². The van der Waals surface area contributed by atoms with Gasteiger partial charge >= 0.3 is 6.18 Å². The van der Waals surface area contributed by atoms with E-state index >= 15 is 0 Å². The molecule has 1 aromatic carbocycles. The van der Waals surface area contributed by atoms with E-state index in [9.17, 15) is 13.2 Å². The summed E-state index contributed by atoms with van der Waals surface area (Å²) in [6, 6.07) is 5.30. The van der Waals surface area contributed by atoms with Crippen molar-refractivity contribution in [3.8, 4) is 0 Å². The van der Waals surface area contributed by atoms with Crippen LogP contribution < -0.4 is 5.73 Å². The van der Waals surface area contributed by atoms with E-state index < -0.39 is 20.1 Å². The molecular formula is C17H28F3NOSi. The highest BCUT2D eigenvalue weighted by atomic mass is 28.4. The van der Waals surface area contributed by atoms with Crippen LogP contribution in [0.15, 0.2) is 24.3 Å². The molecule has 0 aliphatic heterocycles. The molecule has 0 saturated carbocycles. The maximum atomic E-state index is 12.6. The van der Waals surface area contributed by atoms with Gasteiger partial charge in [-0.25, -0.2) is 0 Å². The van der Waals surface area contributed by atoms with Gasteiger partial charge in [-0.2, -0.15) is 13.2 Å². The Bertz CT molecular complexity index is 492. The number of hydrogen-bond acceptors (Lipinski definition) is 2. The molecule has 6 heteroatoms. The van der Waals surface area contributed by atoms with Crippen molar-refractivity contribution in [1.29, 1.82) is 0 Å². The molecule has 132 valence electrons. The van der Waals surface area contributed by atoms with Gasteiger partial charge in [-0.05, 0) is 54.7 Å². The molecular weight excluding hydrogens is 319 g/mol. The Kier molecular flexibility index (Phi) is 6.46. The molecule has 1 unspecified atom stereocenters. The summed E-state index contributed by atoms with van der Waals surface area (Å²) < 4.78 is 43.9. The maximum absolute atomic E-state index is 12.6. The summed E-state index contributed by atoms with van der Waals surface area (Å²) in [7, 11) is -1.84. The maximum Gasteiger partial charge on any atom is 0.416 e. The predicted octanol–water partition coefficient (Wildman–Crippen LogP) is 4.84. The highest BCUT2D eigenvalue weighted by Gasteiger charge is 2.37. The first-order valence-corrected chi connectivity index (χ1v) is 10.8. The van der Waals surface area contributed by atoms with Crippen molar-refractivity contribution in [3.63, 3.8) is 0 Å². The van der Waals surface area contributed by atoms with Crippen molar-refractivity contribution in [2.45, 2.75) is 51.5 Å². The van der Waals surface area contributed by atoms with Crippen LogP contribution in [0.4, 0.5) is 13.2 Å². The van der Waals surface area contributed by atoms with E-state index in [2.05, 4.69) is 33.9 Å². The fraction of sp³-hybridized carbons (Fsp3) is 0.647. The molecule has 0 aliphatic carbocycles. The molecule has 0 heterocycles. The third-order valence-corrected chi connectivity index (χ3v) is 9.13.